The van der Waals surface area contributed by atoms with Gasteiger partial charge in [0.25, 0.3) is 0 Å². The molecule has 0 saturated carbocycles. The van der Waals surface area contributed by atoms with Gasteiger partial charge in [-0.1, -0.05) is 12.2 Å². The average Bonchev–Trinajstić information content (AvgIpc) is 2.21. The molecule has 1 amide bonds. The summed E-state index contributed by atoms with van der Waals surface area (Å²) in [6.45, 7) is 6.41. The van der Waals surface area contributed by atoms with Crippen LogP contribution in [0.25, 0.3) is 0 Å². The van der Waals surface area contributed by atoms with Crippen LogP contribution in [0.5, 0.6) is 0 Å². The Kier molecular flexibility index (Phi) is 6.06. The zero-order valence-corrected chi connectivity index (χ0v) is 11.7. The van der Waals surface area contributed by atoms with Crippen molar-refractivity contribution in [3.05, 3.63) is 12.2 Å². The Bertz CT molecular complexity index is 404. The number of rotatable bonds is 5. The number of carboxylic acids is 1. The van der Waals surface area contributed by atoms with Crippen LogP contribution < -0.4 is 5.32 Å². The number of unbranched alkanes of at least 4 members (excludes halogenated alkanes) is 1. The van der Waals surface area contributed by atoms with E-state index in [0.29, 0.717) is 12.8 Å². The number of nitrogens with zero attached hydrogens (tertiary/aromatic N) is 1. The van der Waals surface area contributed by atoms with Gasteiger partial charge in [0.15, 0.2) is 5.54 Å². The van der Waals surface area contributed by atoms with E-state index in [9.17, 15) is 9.59 Å². The van der Waals surface area contributed by atoms with E-state index in [0.717, 1.165) is 0 Å². The lowest BCUT2D eigenvalue weighted by Crippen LogP contribution is -2.52. The van der Waals surface area contributed by atoms with Crippen LogP contribution >= 0.6 is 0 Å². The molecule has 0 aromatic carbocycles. The molecule has 0 heterocycles. The molecule has 0 saturated heterocycles. The molecule has 2 N–H and O–H groups in total. The van der Waals surface area contributed by atoms with Gasteiger partial charge in [0.1, 0.15) is 5.60 Å². The predicted octanol–water partition coefficient (Wildman–Crippen LogP) is 2.21. The minimum atomic E-state index is -1.56. The zero-order valence-electron chi connectivity index (χ0n) is 11.7. The summed E-state index contributed by atoms with van der Waals surface area (Å²) >= 11 is 0. The third-order valence-corrected chi connectivity index (χ3v) is 2.08. The first kappa shape index (κ1) is 17.0. The van der Waals surface area contributed by atoms with Crippen LogP contribution in [0.15, 0.2) is 12.2 Å². The molecule has 1 atom stereocenters. The van der Waals surface area contributed by atoms with Crippen LogP contribution in [-0.4, -0.2) is 28.3 Å². The maximum absolute atomic E-state index is 11.6. The predicted molar refractivity (Wildman–Crippen MR) is 69.4 cm³/mol. The number of hydrogen-bond acceptors (Lipinski definition) is 4. The summed E-state index contributed by atoms with van der Waals surface area (Å²) in [5.74, 6) is -1.20. The van der Waals surface area contributed by atoms with E-state index in [1.165, 1.54) is 13.0 Å². The third-order valence-electron chi connectivity index (χ3n) is 2.08. The fraction of sp³-hybridized carbons (Fsp3) is 0.615. The summed E-state index contributed by atoms with van der Waals surface area (Å²) in [4.78, 5) is 22.8. The molecule has 0 aliphatic carbocycles. The van der Waals surface area contributed by atoms with Crippen molar-refractivity contribution in [3.63, 3.8) is 0 Å². The van der Waals surface area contributed by atoms with Crippen molar-refractivity contribution in [2.75, 3.05) is 0 Å². The second-order valence-electron chi connectivity index (χ2n) is 5.23. The third kappa shape index (κ3) is 7.09. The topological polar surface area (TPSA) is 99.4 Å². The van der Waals surface area contributed by atoms with Crippen molar-refractivity contribution in [1.29, 1.82) is 5.26 Å². The minimum absolute atomic E-state index is 0.290. The highest BCUT2D eigenvalue weighted by Crippen LogP contribution is 2.12. The van der Waals surface area contributed by atoms with Gasteiger partial charge in [-0.3, -0.25) is 0 Å². The standard InChI is InChI=1S/C13H20N2O4/c1-12(2,3)19-11(18)15-13(4,10(16)17)8-6-5-7-9-14/h6,8H,5,7H2,1-4H3,(H,15,18)(H,16,17)/b8-6-. The molecule has 1 unspecified atom stereocenters. The monoisotopic (exact) mass is 268 g/mol. The van der Waals surface area contributed by atoms with Crippen molar-refractivity contribution in [2.24, 2.45) is 0 Å². The fourth-order valence-corrected chi connectivity index (χ4v) is 1.15. The number of carbonyl (C=O) groups excluding carboxylic acids is 1. The summed E-state index contributed by atoms with van der Waals surface area (Å²) in [5, 5.41) is 19.8. The molecule has 0 aliphatic heterocycles. The van der Waals surface area contributed by atoms with Crippen LogP contribution in [-0.2, 0) is 9.53 Å². The smallest absolute Gasteiger partial charge is 0.408 e. The number of allylic oxidation sites excluding steroid dienone is 1. The molecule has 0 aromatic rings. The number of hydrogen-bond donors (Lipinski definition) is 2. The molecule has 0 spiro atoms. The summed E-state index contributed by atoms with van der Waals surface area (Å²) in [5.41, 5.74) is -2.26. The van der Waals surface area contributed by atoms with E-state index < -0.39 is 23.2 Å². The fourth-order valence-electron chi connectivity index (χ4n) is 1.15. The highest BCUT2D eigenvalue weighted by Gasteiger charge is 2.33. The van der Waals surface area contributed by atoms with Gasteiger partial charge in [-0.25, -0.2) is 9.59 Å². The molecule has 106 valence electrons. The lowest BCUT2D eigenvalue weighted by atomic mass is 10.0. The summed E-state index contributed by atoms with van der Waals surface area (Å²) in [6, 6.07) is 1.94. The van der Waals surface area contributed by atoms with E-state index in [1.807, 2.05) is 6.07 Å². The van der Waals surface area contributed by atoms with Gasteiger partial charge in [-0.15, -0.1) is 0 Å². The Morgan fingerprint density at radius 3 is 2.37 bits per heavy atom. The quantitative estimate of drug-likeness (QED) is 0.588. The average molecular weight is 268 g/mol. The second-order valence-corrected chi connectivity index (χ2v) is 5.23. The summed E-state index contributed by atoms with van der Waals surface area (Å²) in [7, 11) is 0. The summed E-state index contributed by atoms with van der Waals surface area (Å²) in [6.07, 6.45) is 2.81. The van der Waals surface area contributed by atoms with Gasteiger partial charge >= 0.3 is 12.1 Å². The molecule has 0 rings (SSSR count). The normalized spacial score (nSPS) is 14.5. The lowest BCUT2D eigenvalue weighted by molar-refractivity contribution is -0.142. The minimum Gasteiger partial charge on any atom is -0.479 e. The van der Waals surface area contributed by atoms with Crippen LogP contribution in [0.1, 0.15) is 40.5 Å². The van der Waals surface area contributed by atoms with Crippen molar-refractivity contribution < 1.29 is 19.4 Å². The SMILES string of the molecule is CC(C)(C)OC(=O)NC(C)(/C=C\CCC#N)C(=O)O. The second kappa shape index (κ2) is 6.78. The highest BCUT2D eigenvalue weighted by molar-refractivity contribution is 5.86. The molecule has 0 aromatic heterocycles. The number of carbonyl (C=O) groups is 2. The van der Waals surface area contributed by atoms with Crippen molar-refractivity contribution >= 4 is 12.1 Å². The van der Waals surface area contributed by atoms with Gasteiger partial charge in [0, 0.05) is 6.42 Å². The number of alkyl carbamates (subject to hydrolysis) is 1. The van der Waals surface area contributed by atoms with E-state index >= 15 is 0 Å². The molecule has 0 aliphatic rings. The van der Waals surface area contributed by atoms with E-state index in [-0.39, 0.29) is 0 Å². The van der Waals surface area contributed by atoms with E-state index in [4.69, 9.17) is 15.1 Å². The number of aliphatic carboxylic acids is 1. The largest absolute Gasteiger partial charge is 0.479 e. The van der Waals surface area contributed by atoms with Gasteiger partial charge in [0.05, 0.1) is 6.07 Å². The number of ether oxygens (including phenoxy) is 1. The molecule has 6 nitrogen and oxygen atoms in total. The van der Waals surface area contributed by atoms with Crippen LogP contribution in [0.2, 0.25) is 0 Å². The molecule has 0 fully saturated rings. The molecule has 0 radical (unpaired) electrons. The van der Waals surface area contributed by atoms with Gasteiger partial charge < -0.3 is 15.2 Å². The van der Waals surface area contributed by atoms with Gasteiger partial charge in [0.2, 0.25) is 0 Å². The van der Waals surface area contributed by atoms with Crippen LogP contribution in [0.4, 0.5) is 4.79 Å². The Balaban J connectivity index is 4.73. The highest BCUT2D eigenvalue weighted by atomic mass is 16.6. The molecule has 0 bridgehead atoms. The summed E-state index contributed by atoms with van der Waals surface area (Å²) < 4.78 is 5.01. The first-order valence-electron chi connectivity index (χ1n) is 5.90. The van der Waals surface area contributed by atoms with Crippen molar-refractivity contribution in [2.45, 2.75) is 51.7 Å². The molecular formula is C13H20N2O4. The maximum Gasteiger partial charge on any atom is 0.408 e. The number of nitriles is 1. The Hall–Kier alpha value is -2.03. The zero-order chi connectivity index (χ0) is 15.1. The first-order chi connectivity index (χ1) is 8.60. The maximum atomic E-state index is 11.6. The number of amides is 1. The van der Waals surface area contributed by atoms with Gasteiger partial charge in [-0.05, 0) is 34.1 Å². The molecular weight excluding hydrogens is 248 g/mol. The van der Waals surface area contributed by atoms with E-state index in [2.05, 4.69) is 5.32 Å². The Morgan fingerprint density at radius 2 is 1.95 bits per heavy atom. The molecule has 6 heteroatoms. The van der Waals surface area contributed by atoms with Crippen LogP contribution in [0, 0.1) is 11.3 Å². The number of nitrogens with one attached hydrogen (secondary N) is 1. The van der Waals surface area contributed by atoms with E-state index in [1.54, 1.807) is 26.8 Å². The van der Waals surface area contributed by atoms with Crippen molar-refractivity contribution in [3.8, 4) is 6.07 Å². The Morgan fingerprint density at radius 1 is 1.37 bits per heavy atom. The van der Waals surface area contributed by atoms with Gasteiger partial charge in [-0.2, -0.15) is 5.26 Å². The van der Waals surface area contributed by atoms with Crippen LogP contribution in [0.3, 0.4) is 0 Å². The lowest BCUT2D eigenvalue weighted by Gasteiger charge is -2.26. The number of carboxylic acid groups (broad SMARTS) is 1. The first-order valence-corrected chi connectivity index (χ1v) is 5.90. The van der Waals surface area contributed by atoms with Crippen molar-refractivity contribution in [1.82, 2.24) is 5.32 Å². The Labute approximate surface area is 113 Å². The molecule has 19 heavy (non-hydrogen) atoms.